The maximum atomic E-state index is 12.2. The van der Waals surface area contributed by atoms with Crippen LogP contribution in [0.15, 0.2) is 27.9 Å². The van der Waals surface area contributed by atoms with E-state index in [0.29, 0.717) is 0 Å². The predicted octanol–water partition coefficient (Wildman–Crippen LogP) is -0.433. The Kier molecular flexibility index (Phi) is 2.34. The fourth-order valence-corrected chi connectivity index (χ4v) is 2.30. The number of aryl methyl sites for hydroxylation is 1. The highest BCUT2D eigenvalue weighted by atomic mass is 16.2. The van der Waals surface area contributed by atoms with Crippen LogP contribution in [0.2, 0.25) is 0 Å². The van der Waals surface area contributed by atoms with Crippen molar-refractivity contribution in [2.75, 3.05) is 0 Å². The van der Waals surface area contributed by atoms with Gasteiger partial charge in [-0.3, -0.25) is 23.5 Å². The van der Waals surface area contributed by atoms with Crippen LogP contribution in [-0.4, -0.2) is 25.7 Å². The Labute approximate surface area is 111 Å². The quantitative estimate of drug-likeness (QED) is 0.648. The van der Waals surface area contributed by atoms with Crippen molar-refractivity contribution < 1.29 is 9.59 Å². The lowest BCUT2D eigenvalue weighted by Crippen LogP contribution is -2.38. The zero-order valence-electron chi connectivity index (χ0n) is 10.7. The summed E-state index contributed by atoms with van der Waals surface area (Å²) >= 11 is 0. The first-order valence-corrected chi connectivity index (χ1v) is 5.79. The first-order chi connectivity index (χ1) is 9.43. The number of fused-ring (bicyclic) bond motifs is 3. The summed E-state index contributed by atoms with van der Waals surface area (Å²) in [6.45, 7) is 0. The molecule has 0 aromatic carbocycles. The second-order valence-corrected chi connectivity index (χ2v) is 4.51. The molecule has 2 aromatic heterocycles. The van der Waals surface area contributed by atoms with Crippen molar-refractivity contribution in [2.45, 2.75) is 0 Å². The van der Waals surface area contributed by atoms with Gasteiger partial charge in [-0.15, -0.1) is 0 Å². The Hall–Kier alpha value is -2.83. The van der Waals surface area contributed by atoms with E-state index in [-0.39, 0.29) is 27.9 Å². The number of hydrogen-bond acceptors (Lipinski definition) is 5. The molecule has 2 heterocycles. The Bertz CT molecular complexity index is 947. The van der Waals surface area contributed by atoms with Gasteiger partial charge < -0.3 is 0 Å². The van der Waals surface area contributed by atoms with Gasteiger partial charge in [0.25, 0.3) is 5.56 Å². The number of nitrogens with zero attached hydrogens (tertiary/aromatic N) is 3. The minimum absolute atomic E-state index is 0.00481. The molecule has 0 amide bonds. The van der Waals surface area contributed by atoms with Crippen LogP contribution in [0.3, 0.4) is 0 Å². The molecule has 0 saturated heterocycles. The molecule has 0 aliphatic heterocycles. The van der Waals surface area contributed by atoms with Crippen molar-refractivity contribution in [3.63, 3.8) is 0 Å². The molecule has 100 valence electrons. The van der Waals surface area contributed by atoms with Crippen molar-refractivity contribution >= 4 is 22.6 Å². The number of carbonyl (C=O) groups excluding carboxylic acids is 2. The maximum Gasteiger partial charge on any atom is 0.332 e. The highest BCUT2D eigenvalue weighted by Gasteiger charge is 2.25. The largest absolute Gasteiger partial charge is 0.332 e. The summed E-state index contributed by atoms with van der Waals surface area (Å²) < 4.78 is 2.06. The highest BCUT2D eigenvalue weighted by molar-refractivity contribution is 6.26. The Morgan fingerprint density at radius 3 is 2.30 bits per heavy atom. The standard InChI is InChI=1S/C13H9N3O4/c1-15-11-10(12(19)16(2)13(15)20)9-6(5-14-11)7(17)3-4-8(9)18/h3-5H,1-2H3. The van der Waals surface area contributed by atoms with Crippen LogP contribution in [0, 0.1) is 0 Å². The van der Waals surface area contributed by atoms with Crippen molar-refractivity contribution in [2.24, 2.45) is 14.1 Å². The summed E-state index contributed by atoms with van der Waals surface area (Å²) in [5.41, 5.74) is -0.989. The molecule has 1 aliphatic carbocycles. The van der Waals surface area contributed by atoms with Gasteiger partial charge in [-0.2, -0.15) is 0 Å². The average Bonchev–Trinajstić information content (AvgIpc) is 2.45. The SMILES string of the molecule is Cn1c(=O)c2c3c(cnc2n(C)c1=O)C(=O)C=CC3=O. The molecule has 0 fully saturated rings. The van der Waals surface area contributed by atoms with E-state index >= 15 is 0 Å². The van der Waals surface area contributed by atoms with Gasteiger partial charge in [0.05, 0.1) is 16.5 Å². The van der Waals surface area contributed by atoms with Crippen LogP contribution in [-0.2, 0) is 14.1 Å². The fraction of sp³-hybridized carbons (Fsp3) is 0.154. The number of allylic oxidation sites excluding steroid dienone is 2. The zero-order chi connectivity index (χ0) is 14.6. The summed E-state index contributed by atoms with van der Waals surface area (Å²) in [6, 6.07) is 0. The van der Waals surface area contributed by atoms with Gasteiger partial charge in [-0.05, 0) is 12.2 Å². The molecule has 20 heavy (non-hydrogen) atoms. The predicted molar refractivity (Wildman–Crippen MR) is 70.0 cm³/mol. The van der Waals surface area contributed by atoms with Gasteiger partial charge in [0.15, 0.2) is 11.6 Å². The molecule has 0 spiro atoms. The molecule has 0 atom stereocenters. The van der Waals surface area contributed by atoms with E-state index in [9.17, 15) is 19.2 Å². The number of rotatable bonds is 0. The third-order valence-electron chi connectivity index (χ3n) is 3.37. The molecular formula is C13H9N3O4. The Morgan fingerprint density at radius 2 is 1.60 bits per heavy atom. The van der Waals surface area contributed by atoms with Gasteiger partial charge >= 0.3 is 5.69 Å². The van der Waals surface area contributed by atoms with Crippen molar-refractivity contribution in [3.8, 4) is 0 Å². The van der Waals surface area contributed by atoms with Crippen molar-refractivity contribution in [1.29, 1.82) is 0 Å². The van der Waals surface area contributed by atoms with Gasteiger partial charge in [-0.1, -0.05) is 0 Å². The minimum Gasteiger partial charge on any atom is -0.289 e. The fourth-order valence-electron chi connectivity index (χ4n) is 2.30. The van der Waals surface area contributed by atoms with E-state index in [4.69, 9.17) is 0 Å². The zero-order valence-corrected chi connectivity index (χ0v) is 10.7. The Balaban J connectivity index is 2.66. The smallest absolute Gasteiger partial charge is 0.289 e. The van der Waals surface area contributed by atoms with Crippen molar-refractivity contribution in [1.82, 2.24) is 14.1 Å². The second-order valence-electron chi connectivity index (χ2n) is 4.51. The van der Waals surface area contributed by atoms with E-state index < -0.39 is 17.0 Å². The maximum absolute atomic E-state index is 12.2. The van der Waals surface area contributed by atoms with Crippen LogP contribution >= 0.6 is 0 Å². The minimum atomic E-state index is -0.635. The summed E-state index contributed by atoms with van der Waals surface area (Å²) in [5, 5.41) is -0.00481. The van der Waals surface area contributed by atoms with Gasteiger partial charge in [0.1, 0.15) is 5.65 Å². The van der Waals surface area contributed by atoms with Crippen molar-refractivity contribution in [3.05, 3.63) is 50.3 Å². The molecule has 7 nitrogen and oxygen atoms in total. The monoisotopic (exact) mass is 271 g/mol. The van der Waals surface area contributed by atoms with E-state index in [2.05, 4.69) is 4.98 Å². The lowest BCUT2D eigenvalue weighted by Gasteiger charge is -2.13. The van der Waals surface area contributed by atoms with E-state index in [1.807, 2.05) is 0 Å². The second kappa shape index (κ2) is 3.83. The summed E-state index contributed by atoms with van der Waals surface area (Å²) in [5.74, 6) is -0.826. The topological polar surface area (TPSA) is 91.0 Å². The molecule has 0 saturated carbocycles. The molecule has 0 N–H and O–H groups in total. The van der Waals surface area contributed by atoms with E-state index in [1.165, 1.54) is 24.9 Å². The first-order valence-electron chi connectivity index (χ1n) is 5.79. The molecular weight excluding hydrogens is 262 g/mol. The number of aromatic nitrogens is 3. The van der Waals surface area contributed by atoms with E-state index in [1.54, 1.807) is 0 Å². The van der Waals surface area contributed by atoms with Crippen LogP contribution < -0.4 is 11.2 Å². The average molecular weight is 271 g/mol. The molecule has 3 rings (SSSR count). The molecule has 0 unspecified atom stereocenters. The lowest BCUT2D eigenvalue weighted by molar-refractivity contribution is 0.0995. The van der Waals surface area contributed by atoms with Gasteiger partial charge in [0, 0.05) is 20.3 Å². The van der Waals surface area contributed by atoms with E-state index in [0.717, 1.165) is 16.7 Å². The van der Waals surface area contributed by atoms with Gasteiger partial charge in [0.2, 0.25) is 0 Å². The third kappa shape index (κ3) is 1.37. The van der Waals surface area contributed by atoms with Crippen LogP contribution in [0.5, 0.6) is 0 Å². The molecule has 1 aliphatic rings. The lowest BCUT2D eigenvalue weighted by atomic mass is 9.94. The molecule has 7 heteroatoms. The summed E-state index contributed by atoms with van der Waals surface area (Å²) in [4.78, 5) is 51.8. The molecule has 0 bridgehead atoms. The molecule has 0 radical (unpaired) electrons. The summed E-state index contributed by atoms with van der Waals surface area (Å²) in [7, 11) is 2.77. The van der Waals surface area contributed by atoms with Crippen LogP contribution in [0.25, 0.3) is 11.0 Å². The van der Waals surface area contributed by atoms with Crippen LogP contribution in [0.4, 0.5) is 0 Å². The third-order valence-corrected chi connectivity index (χ3v) is 3.37. The number of ketones is 2. The summed E-state index contributed by atoms with van der Waals surface area (Å²) in [6.07, 6.45) is 3.49. The highest BCUT2D eigenvalue weighted by Crippen LogP contribution is 2.21. The Morgan fingerprint density at radius 1 is 0.950 bits per heavy atom. The normalized spacial score (nSPS) is 13.9. The number of carbonyl (C=O) groups is 2. The van der Waals surface area contributed by atoms with Gasteiger partial charge in [-0.25, -0.2) is 9.78 Å². The molecule has 2 aromatic rings. The van der Waals surface area contributed by atoms with Crippen LogP contribution in [0.1, 0.15) is 20.7 Å². The number of hydrogen-bond donors (Lipinski definition) is 0. The first kappa shape index (κ1) is 12.2. The number of pyridine rings is 1.